The van der Waals surface area contributed by atoms with Gasteiger partial charge in [0.1, 0.15) is 0 Å². The third-order valence-corrected chi connectivity index (χ3v) is 4.33. The molecule has 0 bridgehead atoms. The van der Waals surface area contributed by atoms with Gasteiger partial charge >= 0.3 is 0 Å². The first kappa shape index (κ1) is 15.8. The summed E-state index contributed by atoms with van der Waals surface area (Å²) in [6.45, 7) is 8.54. The van der Waals surface area contributed by atoms with Gasteiger partial charge in [-0.1, -0.05) is 56.6 Å². The highest BCUT2D eigenvalue weighted by Crippen LogP contribution is 2.27. The van der Waals surface area contributed by atoms with E-state index in [4.69, 9.17) is 11.6 Å². The molecule has 1 nitrogen and oxygen atoms in total. The van der Waals surface area contributed by atoms with E-state index >= 15 is 0 Å². The number of carbonyl (C=O) groups is 1. The van der Waals surface area contributed by atoms with Crippen molar-refractivity contribution in [2.24, 2.45) is 0 Å². The molecule has 0 heterocycles. The van der Waals surface area contributed by atoms with E-state index in [-0.39, 0.29) is 11.2 Å². The number of hydrogen-bond donors (Lipinski definition) is 0. The lowest BCUT2D eigenvalue weighted by molar-refractivity contribution is 0.103. The van der Waals surface area contributed by atoms with Gasteiger partial charge in [0.15, 0.2) is 5.78 Å². The van der Waals surface area contributed by atoms with E-state index in [1.165, 1.54) is 5.56 Å². The van der Waals surface area contributed by atoms with Crippen LogP contribution in [0.3, 0.4) is 0 Å². The number of rotatable bonds is 4. The van der Waals surface area contributed by atoms with E-state index in [0.29, 0.717) is 16.1 Å². The molecule has 0 aliphatic heterocycles. The van der Waals surface area contributed by atoms with Gasteiger partial charge < -0.3 is 0 Å². The van der Waals surface area contributed by atoms with Crippen LogP contribution in [0.2, 0.25) is 5.02 Å². The van der Waals surface area contributed by atoms with Gasteiger partial charge in [-0.15, -0.1) is 0 Å². The average Bonchev–Trinajstić information content (AvgIpc) is 2.45. The molecule has 0 amide bonds. The summed E-state index contributed by atoms with van der Waals surface area (Å²) in [6.07, 6.45) is 1.06. The minimum absolute atomic E-state index is 0.0152. The van der Waals surface area contributed by atoms with Gasteiger partial charge in [-0.25, -0.2) is 0 Å². The van der Waals surface area contributed by atoms with Crippen LogP contribution in [-0.2, 0) is 5.41 Å². The van der Waals surface area contributed by atoms with E-state index in [9.17, 15) is 4.79 Å². The van der Waals surface area contributed by atoms with Crippen LogP contribution in [0.15, 0.2) is 42.5 Å². The monoisotopic (exact) mass is 300 g/mol. The van der Waals surface area contributed by atoms with E-state index in [1.807, 2.05) is 43.3 Å². The van der Waals surface area contributed by atoms with Crippen LogP contribution in [-0.4, -0.2) is 5.78 Å². The van der Waals surface area contributed by atoms with Gasteiger partial charge in [0, 0.05) is 16.1 Å². The third-order valence-electron chi connectivity index (χ3n) is 4.12. The fourth-order valence-electron chi connectivity index (χ4n) is 2.31. The molecule has 0 saturated heterocycles. The van der Waals surface area contributed by atoms with Crippen molar-refractivity contribution in [2.45, 2.75) is 39.5 Å². The molecule has 0 atom stereocenters. The molecule has 110 valence electrons. The number of aryl methyl sites for hydroxylation is 1. The highest BCUT2D eigenvalue weighted by atomic mass is 35.5. The van der Waals surface area contributed by atoms with Crippen LogP contribution in [0, 0.1) is 6.92 Å². The zero-order chi connectivity index (χ0) is 15.6. The van der Waals surface area contributed by atoms with Gasteiger partial charge in [0.05, 0.1) is 0 Å². The van der Waals surface area contributed by atoms with E-state index in [1.54, 1.807) is 6.07 Å². The van der Waals surface area contributed by atoms with Crippen molar-refractivity contribution in [2.75, 3.05) is 0 Å². The standard InChI is InChI=1S/C19H21ClO/c1-5-19(3,4)16-8-6-14(7-9-16)18(21)15-10-13(2)11-17(20)12-15/h6-12H,5H2,1-4H3. The minimum atomic E-state index is 0.0152. The number of halogens is 1. The summed E-state index contributed by atoms with van der Waals surface area (Å²) in [4.78, 5) is 12.5. The first-order valence-electron chi connectivity index (χ1n) is 7.26. The van der Waals surface area contributed by atoms with Gasteiger partial charge in [-0.3, -0.25) is 4.79 Å². The first-order valence-corrected chi connectivity index (χ1v) is 7.64. The van der Waals surface area contributed by atoms with E-state index in [0.717, 1.165) is 12.0 Å². The van der Waals surface area contributed by atoms with E-state index in [2.05, 4.69) is 20.8 Å². The van der Waals surface area contributed by atoms with Crippen molar-refractivity contribution < 1.29 is 4.79 Å². The van der Waals surface area contributed by atoms with Crippen molar-refractivity contribution in [3.8, 4) is 0 Å². The summed E-state index contributed by atoms with van der Waals surface area (Å²) in [5, 5.41) is 0.599. The molecule has 2 heteroatoms. The van der Waals surface area contributed by atoms with Crippen LogP contribution in [0.4, 0.5) is 0 Å². The molecule has 2 rings (SSSR count). The fraction of sp³-hybridized carbons (Fsp3) is 0.316. The molecule has 0 aliphatic rings. The van der Waals surface area contributed by atoms with Gasteiger partial charge in [0.2, 0.25) is 0 Å². The molecule has 21 heavy (non-hydrogen) atoms. The molecule has 0 aromatic heterocycles. The van der Waals surface area contributed by atoms with Crippen molar-refractivity contribution in [3.63, 3.8) is 0 Å². The molecule has 0 N–H and O–H groups in total. The Kier molecular flexibility index (Phi) is 4.53. The summed E-state index contributed by atoms with van der Waals surface area (Å²) < 4.78 is 0. The number of benzene rings is 2. The second kappa shape index (κ2) is 6.03. The fourth-order valence-corrected chi connectivity index (χ4v) is 2.60. The predicted molar refractivity (Wildman–Crippen MR) is 89.4 cm³/mol. The first-order chi connectivity index (χ1) is 9.83. The van der Waals surface area contributed by atoms with Gasteiger partial charge in [-0.05, 0) is 48.1 Å². The molecular formula is C19H21ClO. The maximum Gasteiger partial charge on any atom is 0.193 e. The Labute approximate surface area is 132 Å². The zero-order valence-corrected chi connectivity index (χ0v) is 13.8. The van der Waals surface area contributed by atoms with Crippen LogP contribution in [0.1, 0.15) is 54.2 Å². The number of carbonyl (C=O) groups excluding carboxylic acids is 1. The molecule has 2 aromatic rings. The number of hydrogen-bond acceptors (Lipinski definition) is 1. The predicted octanol–water partition coefficient (Wildman–Crippen LogP) is 5.57. The summed E-state index contributed by atoms with van der Waals surface area (Å²) in [6, 6.07) is 13.4. The number of ketones is 1. The maximum atomic E-state index is 12.5. The van der Waals surface area contributed by atoms with Crippen molar-refractivity contribution in [3.05, 3.63) is 69.7 Å². The normalized spacial score (nSPS) is 11.5. The molecular weight excluding hydrogens is 280 g/mol. The summed E-state index contributed by atoms with van der Waals surface area (Å²) in [7, 11) is 0. The Morgan fingerprint density at radius 2 is 1.67 bits per heavy atom. The van der Waals surface area contributed by atoms with Crippen LogP contribution in [0.5, 0.6) is 0 Å². The van der Waals surface area contributed by atoms with Crippen molar-refractivity contribution >= 4 is 17.4 Å². The van der Waals surface area contributed by atoms with Crippen molar-refractivity contribution in [1.29, 1.82) is 0 Å². The maximum absolute atomic E-state index is 12.5. The molecule has 0 unspecified atom stereocenters. The SMILES string of the molecule is CCC(C)(C)c1ccc(C(=O)c2cc(C)cc(Cl)c2)cc1. The van der Waals surface area contributed by atoms with Crippen LogP contribution < -0.4 is 0 Å². The quantitative estimate of drug-likeness (QED) is 0.675. The molecule has 2 aromatic carbocycles. The van der Waals surface area contributed by atoms with Gasteiger partial charge in [0.25, 0.3) is 0 Å². The lowest BCUT2D eigenvalue weighted by Gasteiger charge is -2.23. The molecule has 0 spiro atoms. The third kappa shape index (κ3) is 3.54. The highest BCUT2D eigenvalue weighted by Gasteiger charge is 2.18. The van der Waals surface area contributed by atoms with Crippen LogP contribution >= 0.6 is 11.6 Å². The summed E-state index contributed by atoms with van der Waals surface area (Å²) in [5.41, 5.74) is 3.72. The molecule has 0 radical (unpaired) electrons. The molecule has 0 aliphatic carbocycles. The Morgan fingerprint density at radius 3 is 2.19 bits per heavy atom. The van der Waals surface area contributed by atoms with Crippen molar-refractivity contribution in [1.82, 2.24) is 0 Å². The highest BCUT2D eigenvalue weighted by molar-refractivity contribution is 6.31. The lowest BCUT2D eigenvalue weighted by Crippen LogP contribution is -2.15. The average molecular weight is 301 g/mol. The Morgan fingerprint density at radius 1 is 1.05 bits per heavy atom. The Balaban J connectivity index is 2.32. The largest absolute Gasteiger partial charge is 0.289 e. The van der Waals surface area contributed by atoms with Gasteiger partial charge in [-0.2, -0.15) is 0 Å². The summed E-state index contributed by atoms with van der Waals surface area (Å²) >= 11 is 6.03. The Hall–Kier alpha value is -1.60. The molecule has 0 saturated carbocycles. The smallest absolute Gasteiger partial charge is 0.193 e. The lowest BCUT2D eigenvalue weighted by atomic mass is 9.82. The molecule has 0 fully saturated rings. The second-order valence-electron chi connectivity index (χ2n) is 6.16. The topological polar surface area (TPSA) is 17.1 Å². The minimum Gasteiger partial charge on any atom is -0.289 e. The van der Waals surface area contributed by atoms with E-state index < -0.39 is 0 Å². The van der Waals surface area contributed by atoms with Crippen LogP contribution in [0.25, 0.3) is 0 Å². The summed E-state index contributed by atoms with van der Waals surface area (Å²) in [5.74, 6) is 0.0152. The second-order valence-corrected chi connectivity index (χ2v) is 6.60. The Bertz CT molecular complexity index is 634. The zero-order valence-electron chi connectivity index (χ0n) is 13.0.